The maximum Gasteiger partial charge on any atom is -0.0196 e. The van der Waals surface area contributed by atoms with Crippen LogP contribution in [0.5, 0.6) is 0 Å². The molecule has 5 saturated carbocycles. The van der Waals surface area contributed by atoms with Gasteiger partial charge in [0.25, 0.3) is 0 Å². The lowest BCUT2D eigenvalue weighted by Gasteiger charge is -2.43. The SMILES string of the molecule is C1C2CC34C2CC12CC3C24. The molecule has 5 fully saturated rings. The fourth-order valence-electron chi connectivity index (χ4n) is 6.09. The van der Waals surface area contributed by atoms with Gasteiger partial charge in [0.2, 0.25) is 0 Å². The molecule has 0 aromatic rings. The van der Waals surface area contributed by atoms with Crippen molar-refractivity contribution in [1.82, 2.24) is 0 Å². The van der Waals surface area contributed by atoms with E-state index in [0.29, 0.717) is 0 Å². The molecular formula is C10H12. The van der Waals surface area contributed by atoms with Gasteiger partial charge in [0.05, 0.1) is 0 Å². The molecule has 0 heteroatoms. The molecule has 0 aliphatic heterocycles. The van der Waals surface area contributed by atoms with Gasteiger partial charge < -0.3 is 0 Å². The molecule has 0 amide bonds. The van der Waals surface area contributed by atoms with E-state index in [2.05, 4.69) is 0 Å². The number of hydrogen-bond acceptors (Lipinski definition) is 0. The van der Waals surface area contributed by atoms with Crippen molar-refractivity contribution in [3.05, 3.63) is 0 Å². The van der Waals surface area contributed by atoms with Crippen LogP contribution >= 0.6 is 0 Å². The first-order chi connectivity index (χ1) is 4.87. The van der Waals surface area contributed by atoms with Crippen molar-refractivity contribution in [2.75, 3.05) is 0 Å². The summed E-state index contributed by atoms with van der Waals surface area (Å²) in [7, 11) is 0. The highest BCUT2D eigenvalue weighted by Crippen LogP contribution is 3.00. The van der Waals surface area contributed by atoms with Gasteiger partial charge in [-0.05, 0) is 60.2 Å². The molecule has 2 bridgehead atoms. The van der Waals surface area contributed by atoms with Gasteiger partial charge >= 0.3 is 0 Å². The van der Waals surface area contributed by atoms with Crippen LogP contribution in [0.25, 0.3) is 0 Å². The van der Waals surface area contributed by atoms with E-state index < -0.39 is 0 Å². The predicted octanol–water partition coefficient (Wildman–Crippen LogP) is 2.05. The average molecular weight is 132 g/mol. The molecule has 2 spiro atoms. The fraction of sp³-hybridized carbons (Fsp3) is 1.00. The summed E-state index contributed by atoms with van der Waals surface area (Å²) in [6.45, 7) is 0. The van der Waals surface area contributed by atoms with Crippen molar-refractivity contribution in [2.24, 2.45) is 34.5 Å². The largest absolute Gasteiger partial charge is 0.0441 e. The third-order valence-corrected chi connectivity index (χ3v) is 6.02. The molecule has 5 rings (SSSR count). The molecule has 0 aromatic heterocycles. The first kappa shape index (κ1) is 4.13. The van der Waals surface area contributed by atoms with E-state index in [1.807, 2.05) is 0 Å². The number of rotatable bonds is 0. The highest BCUT2D eigenvalue weighted by Gasteiger charge is 2.94. The molecule has 5 aliphatic carbocycles. The molecule has 0 radical (unpaired) electrons. The molecule has 0 nitrogen and oxygen atoms in total. The minimum absolute atomic E-state index is 0.998. The second-order valence-corrected chi connectivity index (χ2v) is 5.74. The van der Waals surface area contributed by atoms with Crippen LogP contribution in [0, 0.1) is 34.5 Å². The van der Waals surface area contributed by atoms with E-state index in [9.17, 15) is 0 Å². The van der Waals surface area contributed by atoms with Crippen LogP contribution in [0.1, 0.15) is 25.7 Å². The molecule has 52 valence electrons. The molecular weight excluding hydrogens is 120 g/mol. The molecule has 6 atom stereocenters. The third kappa shape index (κ3) is 0.157. The predicted molar refractivity (Wildman–Crippen MR) is 37.3 cm³/mol. The van der Waals surface area contributed by atoms with Gasteiger partial charge in [-0.3, -0.25) is 0 Å². The summed E-state index contributed by atoms with van der Waals surface area (Å²) >= 11 is 0. The molecule has 5 aliphatic rings. The van der Waals surface area contributed by atoms with E-state index in [0.717, 1.165) is 10.8 Å². The summed E-state index contributed by atoms with van der Waals surface area (Å²) in [5, 5.41) is 0. The summed E-state index contributed by atoms with van der Waals surface area (Å²) in [5.74, 6) is 5.10. The van der Waals surface area contributed by atoms with Crippen molar-refractivity contribution >= 4 is 0 Å². The van der Waals surface area contributed by atoms with Gasteiger partial charge in [-0.2, -0.15) is 0 Å². The van der Waals surface area contributed by atoms with Crippen LogP contribution in [0.3, 0.4) is 0 Å². The Labute approximate surface area is 61.0 Å². The van der Waals surface area contributed by atoms with Crippen molar-refractivity contribution in [2.45, 2.75) is 25.7 Å². The Morgan fingerprint density at radius 1 is 0.900 bits per heavy atom. The Balaban J connectivity index is 1.95. The Hall–Kier alpha value is 0. The molecule has 0 aromatic carbocycles. The monoisotopic (exact) mass is 132 g/mol. The summed E-state index contributed by atoms with van der Waals surface area (Å²) in [6.07, 6.45) is 6.69. The summed E-state index contributed by atoms with van der Waals surface area (Å²) in [5.41, 5.74) is 2.04. The quantitative estimate of drug-likeness (QED) is 0.473. The Morgan fingerprint density at radius 2 is 1.80 bits per heavy atom. The second-order valence-electron chi connectivity index (χ2n) is 5.74. The number of hydrogen-bond donors (Lipinski definition) is 0. The normalized spacial score (nSPS) is 91.2. The minimum Gasteiger partial charge on any atom is -0.0441 e. The topological polar surface area (TPSA) is 0 Å². The zero-order valence-electron chi connectivity index (χ0n) is 6.14. The van der Waals surface area contributed by atoms with Crippen LogP contribution in [0.4, 0.5) is 0 Å². The third-order valence-electron chi connectivity index (χ3n) is 6.02. The van der Waals surface area contributed by atoms with Gasteiger partial charge in [-0.1, -0.05) is 0 Å². The maximum absolute atomic E-state index is 1.68. The van der Waals surface area contributed by atoms with E-state index in [1.54, 1.807) is 25.7 Å². The first-order valence-corrected chi connectivity index (χ1v) is 4.87. The van der Waals surface area contributed by atoms with E-state index >= 15 is 0 Å². The van der Waals surface area contributed by atoms with Gasteiger partial charge in [0.15, 0.2) is 0 Å². The molecule has 10 heavy (non-hydrogen) atoms. The van der Waals surface area contributed by atoms with Crippen LogP contribution in [-0.2, 0) is 0 Å². The Bertz CT molecular complexity index is 250. The van der Waals surface area contributed by atoms with Crippen molar-refractivity contribution in [3.63, 3.8) is 0 Å². The Morgan fingerprint density at radius 3 is 2.40 bits per heavy atom. The first-order valence-electron chi connectivity index (χ1n) is 4.87. The fourth-order valence-corrected chi connectivity index (χ4v) is 6.09. The molecule has 0 heterocycles. The Kier molecular flexibility index (Phi) is 0.304. The van der Waals surface area contributed by atoms with Crippen molar-refractivity contribution in [1.29, 1.82) is 0 Å². The standard InChI is InChI=1S/C10H12/c1-5-2-10-6(5)3-9(1)4-7(10)8(9)10/h5-8H,1-4H2. The highest BCUT2D eigenvalue weighted by molar-refractivity contribution is 5.42. The lowest BCUT2D eigenvalue weighted by molar-refractivity contribution is 0.0543. The van der Waals surface area contributed by atoms with E-state index in [1.165, 1.54) is 23.7 Å². The van der Waals surface area contributed by atoms with Crippen molar-refractivity contribution in [3.8, 4) is 0 Å². The lowest BCUT2D eigenvalue weighted by Crippen LogP contribution is -2.36. The van der Waals surface area contributed by atoms with E-state index in [4.69, 9.17) is 0 Å². The zero-order chi connectivity index (χ0) is 6.14. The van der Waals surface area contributed by atoms with Gasteiger partial charge in [0.1, 0.15) is 0 Å². The zero-order valence-corrected chi connectivity index (χ0v) is 6.14. The van der Waals surface area contributed by atoms with Crippen molar-refractivity contribution < 1.29 is 0 Å². The van der Waals surface area contributed by atoms with Gasteiger partial charge in [-0.25, -0.2) is 0 Å². The average Bonchev–Trinajstić information content (AvgIpc) is 2.36. The summed E-state index contributed by atoms with van der Waals surface area (Å²) in [6, 6.07) is 0. The van der Waals surface area contributed by atoms with Crippen LogP contribution in [-0.4, -0.2) is 0 Å². The summed E-state index contributed by atoms with van der Waals surface area (Å²) in [4.78, 5) is 0. The smallest absolute Gasteiger partial charge is 0.0196 e. The molecule has 0 N–H and O–H groups in total. The molecule has 6 unspecified atom stereocenters. The van der Waals surface area contributed by atoms with Crippen LogP contribution < -0.4 is 0 Å². The second kappa shape index (κ2) is 0.735. The minimum atomic E-state index is 0.998. The summed E-state index contributed by atoms with van der Waals surface area (Å²) < 4.78 is 0. The maximum atomic E-state index is 1.68. The van der Waals surface area contributed by atoms with Crippen LogP contribution in [0.2, 0.25) is 0 Å². The van der Waals surface area contributed by atoms with Crippen LogP contribution in [0.15, 0.2) is 0 Å². The molecule has 0 saturated heterocycles. The highest BCUT2D eigenvalue weighted by atomic mass is 15.0. The van der Waals surface area contributed by atoms with Gasteiger partial charge in [0, 0.05) is 0 Å². The van der Waals surface area contributed by atoms with Gasteiger partial charge in [-0.15, -0.1) is 0 Å². The van der Waals surface area contributed by atoms with E-state index in [-0.39, 0.29) is 0 Å². The lowest BCUT2D eigenvalue weighted by atomic mass is 9.62.